The summed E-state index contributed by atoms with van der Waals surface area (Å²) in [5.74, 6) is 1.26. The first-order valence-electron chi connectivity index (χ1n) is 7.95. The summed E-state index contributed by atoms with van der Waals surface area (Å²) in [6.07, 6.45) is 7.75. The molecule has 1 aliphatic carbocycles. The third-order valence-corrected chi connectivity index (χ3v) is 10.2. The molecule has 1 saturated carbocycles. The first-order chi connectivity index (χ1) is 9.71. The van der Waals surface area contributed by atoms with Gasteiger partial charge in [-0.2, -0.15) is 0 Å². The van der Waals surface area contributed by atoms with Gasteiger partial charge in [-0.3, -0.25) is 4.98 Å². The van der Waals surface area contributed by atoms with Crippen LogP contribution in [0, 0.1) is 5.92 Å². The van der Waals surface area contributed by atoms with E-state index >= 15 is 0 Å². The van der Waals surface area contributed by atoms with Gasteiger partial charge in [-0.1, -0.05) is 27.2 Å². The Labute approximate surface area is 139 Å². The zero-order valence-corrected chi connectivity index (χ0v) is 16.5. The Bertz CT molecular complexity index is 484. The molecular weight excluding hydrogens is 342 g/mol. The summed E-state index contributed by atoms with van der Waals surface area (Å²) in [4.78, 5) is 4.33. The van der Waals surface area contributed by atoms with Crippen LogP contribution in [0.1, 0.15) is 51.5 Å². The van der Waals surface area contributed by atoms with Gasteiger partial charge >= 0.3 is 0 Å². The first-order valence-corrected chi connectivity index (χ1v) is 11.7. The monoisotopic (exact) mass is 369 g/mol. The molecule has 21 heavy (non-hydrogen) atoms. The van der Waals surface area contributed by atoms with Crippen molar-refractivity contribution in [3.8, 4) is 0 Å². The molecule has 0 amide bonds. The van der Waals surface area contributed by atoms with E-state index in [0.717, 1.165) is 11.1 Å². The van der Waals surface area contributed by atoms with Crippen LogP contribution in [0.5, 0.6) is 0 Å². The van der Waals surface area contributed by atoms with Crippen LogP contribution in [0.3, 0.4) is 0 Å². The molecule has 0 aromatic carbocycles. The van der Waals surface area contributed by atoms with Crippen molar-refractivity contribution < 1.29 is 4.43 Å². The predicted molar refractivity (Wildman–Crippen MR) is 95.2 cm³/mol. The van der Waals surface area contributed by atoms with Gasteiger partial charge in [0.05, 0.1) is 0 Å². The van der Waals surface area contributed by atoms with E-state index in [2.05, 4.69) is 60.8 Å². The Hall–Kier alpha value is -0.193. The second-order valence-electron chi connectivity index (χ2n) is 7.81. The maximum atomic E-state index is 6.47. The maximum Gasteiger partial charge on any atom is 0.191 e. The highest BCUT2D eigenvalue weighted by Crippen LogP contribution is 2.42. The van der Waals surface area contributed by atoms with Gasteiger partial charge in [0.2, 0.25) is 0 Å². The van der Waals surface area contributed by atoms with E-state index in [1.54, 1.807) is 0 Å². The molecule has 118 valence electrons. The molecule has 1 unspecified atom stereocenters. The molecule has 1 fully saturated rings. The Balaban J connectivity index is 2.03. The summed E-state index contributed by atoms with van der Waals surface area (Å²) in [7, 11) is -1.64. The van der Waals surface area contributed by atoms with Gasteiger partial charge in [0.15, 0.2) is 8.32 Å². The molecule has 0 bridgehead atoms. The molecule has 0 N–H and O–H groups in total. The van der Waals surface area contributed by atoms with Gasteiger partial charge in [0.25, 0.3) is 0 Å². The highest BCUT2D eigenvalue weighted by Gasteiger charge is 2.39. The lowest BCUT2D eigenvalue weighted by Crippen LogP contribution is -2.42. The van der Waals surface area contributed by atoms with Crippen molar-refractivity contribution in [2.75, 3.05) is 6.61 Å². The normalized spacial score (nSPS) is 23.5. The lowest BCUT2D eigenvalue weighted by Gasteiger charge is -2.37. The van der Waals surface area contributed by atoms with Gasteiger partial charge in [-0.05, 0) is 70.4 Å². The van der Waals surface area contributed by atoms with E-state index in [1.807, 2.05) is 12.4 Å². The summed E-state index contributed by atoms with van der Waals surface area (Å²) in [5.41, 5.74) is 1.37. The van der Waals surface area contributed by atoms with Crippen LogP contribution in [-0.2, 0) is 4.43 Å². The van der Waals surface area contributed by atoms with E-state index < -0.39 is 8.32 Å². The smallest absolute Gasteiger partial charge is 0.191 e. The lowest BCUT2D eigenvalue weighted by atomic mass is 9.91. The molecule has 2 rings (SSSR count). The van der Waals surface area contributed by atoms with Crippen LogP contribution in [0.25, 0.3) is 0 Å². The molecule has 1 heterocycles. The fraction of sp³-hybridized carbons (Fsp3) is 0.706. The zero-order valence-electron chi connectivity index (χ0n) is 13.9. The summed E-state index contributed by atoms with van der Waals surface area (Å²) in [5, 5.41) is 0.290. The minimum absolute atomic E-state index is 0.290. The average molecular weight is 370 g/mol. The summed E-state index contributed by atoms with van der Waals surface area (Å²) in [6, 6.07) is 2.22. The molecule has 0 aliphatic heterocycles. The maximum absolute atomic E-state index is 6.47. The second-order valence-corrected chi connectivity index (χ2v) is 13.5. The van der Waals surface area contributed by atoms with Crippen molar-refractivity contribution in [1.29, 1.82) is 0 Å². The molecule has 2 atom stereocenters. The Kier molecular flexibility index (Phi) is 5.32. The van der Waals surface area contributed by atoms with Crippen molar-refractivity contribution in [3.05, 3.63) is 28.5 Å². The van der Waals surface area contributed by atoms with E-state index in [9.17, 15) is 0 Å². The summed E-state index contributed by atoms with van der Waals surface area (Å²) >= 11 is 3.54. The van der Waals surface area contributed by atoms with E-state index in [4.69, 9.17) is 4.43 Å². The SMILES string of the molecule is CC(C)(C)[Si](C)(C)OC[C@H]1CCCC1c1cncc(Br)c1. The third-order valence-electron chi connectivity index (χ3n) is 5.28. The molecule has 1 aliphatic rings. The van der Waals surface area contributed by atoms with Gasteiger partial charge in [-0.15, -0.1) is 0 Å². The Morgan fingerprint density at radius 2 is 2.00 bits per heavy atom. The van der Waals surface area contributed by atoms with Crippen LogP contribution in [0.2, 0.25) is 18.1 Å². The van der Waals surface area contributed by atoms with Crippen molar-refractivity contribution >= 4 is 24.2 Å². The lowest BCUT2D eigenvalue weighted by molar-refractivity contribution is 0.219. The molecule has 1 aromatic rings. The third kappa shape index (κ3) is 4.17. The number of hydrogen-bond donors (Lipinski definition) is 0. The van der Waals surface area contributed by atoms with Crippen LogP contribution in [-0.4, -0.2) is 19.9 Å². The molecule has 0 spiro atoms. The van der Waals surface area contributed by atoms with Crippen molar-refractivity contribution in [1.82, 2.24) is 4.98 Å². The van der Waals surface area contributed by atoms with Crippen molar-refractivity contribution in [3.63, 3.8) is 0 Å². The minimum Gasteiger partial charge on any atom is -0.417 e. The van der Waals surface area contributed by atoms with Gasteiger partial charge < -0.3 is 4.43 Å². The molecule has 0 radical (unpaired) electrons. The number of rotatable bonds is 4. The molecular formula is C17H28BrNOSi. The highest BCUT2D eigenvalue weighted by atomic mass is 79.9. The fourth-order valence-corrected chi connectivity index (χ4v) is 4.28. The van der Waals surface area contributed by atoms with Crippen LogP contribution in [0.15, 0.2) is 22.9 Å². The van der Waals surface area contributed by atoms with Gasteiger partial charge in [0.1, 0.15) is 0 Å². The number of aromatic nitrogens is 1. The number of nitrogens with zero attached hydrogens (tertiary/aromatic N) is 1. The van der Waals surface area contributed by atoms with E-state index in [1.165, 1.54) is 24.8 Å². The zero-order chi connectivity index (χ0) is 15.7. The van der Waals surface area contributed by atoms with Gasteiger partial charge in [-0.25, -0.2) is 0 Å². The largest absolute Gasteiger partial charge is 0.417 e. The molecule has 1 aromatic heterocycles. The van der Waals surface area contributed by atoms with Crippen LogP contribution >= 0.6 is 15.9 Å². The summed E-state index contributed by atoms with van der Waals surface area (Å²) < 4.78 is 7.55. The number of hydrogen-bond acceptors (Lipinski definition) is 2. The van der Waals surface area contributed by atoms with Crippen LogP contribution in [0.4, 0.5) is 0 Å². The highest BCUT2D eigenvalue weighted by molar-refractivity contribution is 9.10. The fourth-order valence-electron chi connectivity index (χ4n) is 2.84. The standard InChI is InChI=1S/C17H28BrNOSi/c1-17(2,3)21(4,5)20-12-13-7-6-8-16(13)14-9-15(18)11-19-10-14/h9-11,13,16H,6-8,12H2,1-5H3/t13-,16?/m1/s1. The van der Waals surface area contributed by atoms with E-state index in [0.29, 0.717) is 16.9 Å². The molecule has 4 heteroatoms. The topological polar surface area (TPSA) is 22.1 Å². The number of pyridine rings is 1. The van der Waals surface area contributed by atoms with Crippen molar-refractivity contribution in [2.24, 2.45) is 5.92 Å². The van der Waals surface area contributed by atoms with Crippen molar-refractivity contribution in [2.45, 2.75) is 64.1 Å². The Morgan fingerprint density at radius 1 is 1.29 bits per heavy atom. The van der Waals surface area contributed by atoms with Gasteiger partial charge in [0, 0.05) is 23.5 Å². The predicted octanol–water partition coefficient (Wildman–Crippen LogP) is 5.75. The quantitative estimate of drug-likeness (QED) is 0.630. The second kappa shape index (κ2) is 6.51. The van der Waals surface area contributed by atoms with Crippen LogP contribution < -0.4 is 0 Å². The molecule has 0 saturated heterocycles. The average Bonchev–Trinajstić information content (AvgIpc) is 2.83. The summed E-state index contributed by atoms with van der Waals surface area (Å²) in [6.45, 7) is 12.5. The minimum atomic E-state index is -1.64. The molecule has 2 nitrogen and oxygen atoms in total. The van der Waals surface area contributed by atoms with E-state index in [-0.39, 0.29) is 0 Å². The Morgan fingerprint density at radius 3 is 2.62 bits per heavy atom. The number of halogens is 1. The first kappa shape index (κ1) is 17.2.